The van der Waals surface area contributed by atoms with Gasteiger partial charge in [0.1, 0.15) is 6.04 Å². The standard InChI is InChI=1S/C18H22F3N5O/c1-12(17(27)22-11-13-6-3-2-4-7-13)26-24-16(23-25-26)14-8-5-9-15(10-14)18(19,20)21/h5,8-10,12-13H,2-4,6-7,11H2,1H3,(H,22,27)/t12-/m1/s1. The minimum absolute atomic E-state index is 0.0491. The van der Waals surface area contributed by atoms with Gasteiger partial charge >= 0.3 is 6.18 Å². The molecule has 3 rings (SSSR count). The molecule has 1 aliphatic carbocycles. The van der Waals surface area contributed by atoms with E-state index in [-0.39, 0.29) is 17.3 Å². The fourth-order valence-corrected chi connectivity index (χ4v) is 3.23. The fraction of sp³-hybridized carbons (Fsp3) is 0.556. The Morgan fingerprint density at radius 1 is 1.30 bits per heavy atom. The van der Waals surface area contributed by atoms with Crippen LogP contribution in [0.2, 0.25) is 0 Å². The number of benzene rings is 1. The van der Waals surface area contributed by atoms with Gasteiger partial charge in [0.05, 0.1) is 5.56 Å². The SMILES string of the molecule is C[C@H](C(=O)NCC1CCCCC1)n1nnc(-c2cccc(C(F)(F)F)c2)n1. The van der Waals surface area contributed by atoms with Crippen LogP contribution >= 0.6 is 0 Å². The Hall–Kier alpha value is -2.45. The Balaban J connectivity index is 1.65. The van der Waals surface area contributed by atoms with Crippen molar-refractivity contribution in [3.05, 3.63) is 29.8 Å². The summed E-state index contributed by atoms with van der Waals surface area (Å²) < 4.78 is 38.5. The quantitative estimate of drug-likeness (QED) is 0.859. The third-order valence-electron chi connectivity index (χ3n) is 4.89. The largest absolute Gasteiger partial charge is 0.416 e. The smallest absolute Gasteiger partial charge is 0.354 e. The summed E-state index contributed by atoms with van der Waals surface area (Å²) in [6.07, 6.45) is 1.44. The minimum Gasteiger partial charge on any atom is -0.354 e. The van der Waals surface area contributed by atoms with Crippen molar-refractivity contribution < 1.29 is 18.0 Å². The Morgan fingerprint density at radius 2 is 2.04 bits per heavy atom. The molecule has 1 heterocycles. The molecule has 1 atom stereocenters. The van der Waals surface area contributed by atoms with E-state index in [1.54, 1.807) is 6.92 Å². The molecule has 0 bridgehead atoms. The summed E-state index contributed by atoms with van der Waals surface area (Å²) in [7, 11) is 0. The fourth-order valence-electron chi connectivity index (χ4n) is 3.23. The molecular formula is C18H22F3N5O. The van der Waals surface area contributed by atoms with Crippen LogP contribution < -0.4 is 5.32 Å². The van der Waals surface area contributed by atoms with Crippen molar-refractivity contribution in [1.82, 2.24) is 25.5 Å². The maximum atomic E-state index is 12.8. The van der Waals surface area contributed by atoms with Crippen LogP contribution in [-0.2, 0) is 11.0 Å². The van der Waals surface area contributed by atoms with Gasteiger partial charge in [-0.1, -0.05) is 31.4 Å². The van der Waals surface area contributed by atoms with Crippen LogP contribution in [0, 0.1) is 5.92 Å². The second-order valence-corrected chi connectivity index (χ2v) is 6.94. The van der Waals surface area contributed by atoms with Gasteiger partial charge in [0, 0.05) is 12.1 Å². The summed E-state index contributed by atoms with van der Waals surface area (Å²) in [6.45, 7) is 2.26. The molecule has 0 spiro atoms. The lowest BCUT2D eigenvalue weighted by molar-refractivity contribution is -0.137. The predicted molar refractivity (Wildman–Crippen MR) is 92.6 cm³/mol. The molecule has 1 aromatic heterocycles. The van der Waals surface area contributed by atoms with Crippen LogP contribution in [0.3, 0.4) is 0 Å². The van der Waals surface area contributed by atoms with E-state index in [1.807, 2.05) is 0 Å². The number of rotatable bonds is 5. The molecule has 0 saturated heterocycles. The zero-order chi connectivity index (χ0) is 19.4. The van der Waals surface area contributed by atoms with Crippen LogP contribution in [0.15, 0.2) is 24.3 Å². The summed E-state index contributed by atoms with van der Waals surface area (Å²) in [5.74, 6) is 0.320. The van der Waals surface area contributed by atoms with Crippen molar-refractivity contribution in [2.45, 2.75) is 51.2 Å². The number of carbonyl (C=O) groups is 1. The first-order valence-corrected chi connectivity index (χ1v) is 9.09. The third kappa shape index (κ3) is 4.84. The van der Waals surface area contributed by atoms with Gasteiger partial charge < -0.3 is 5.32 Å². The summed E-state index contributed by atoms with van der Waals surface area (Å²) in [6, 6.07) is 4.02. The van der Waals surface area contributed by atoms with Gasteiger partial charge in [0.15, 0.2) is 0 Å². The molecule has 1 amide bonds. The third-order valence-corrected chi connectivity index (χ3v) is 4.89. The van der Waals surface area contributed by atoms with Crippen LogP contribution in [0.1, 0.15) is 50.6 Å². The molecule has 6 nitrogen and oxygen atoms in total. The van der Waals surface area contributed by atoms with Gasteiger partial charge in [-0.15, -0.1) is 10.2 Å². The highest BCUT2D eigenvalue weighted by atomic mass is 19.4. The number of tetrazole rings is 1. The van der Waals surface area contributed by atoms with E-state index in [0.29, 0.717) is 12.5 Å². The molecule has 1 aliphatic rings. The number of halogens is 3. The van der Waals surface area contributed by atoms with E-state index in [1.165, 1.54) is 31.4 Å². The van der Waals surface area contributed by atoms with Crippen molar-refractivity contribution in [2.75, 3.05) is 6.54 Å². The number of aromatic nitrogens is 4. The highest BCUT2D eigenvalue weighted by molar-refractivity contribution is 5.79. The molecule has 1 fully saturated rings. The molecule has 1 aromatic carbocycles. The maximum Gasteiger partial charge on any atom is 0.416 e. The first kappa shape index (κ1) is 19.3. The minimum atomic E-state index is -4.45. The molecule has 0 unspecified atom stereocenters. The molecule has 0 radical (unpaired) electrons. The van der Waals surface area contributed by atoms with Crippen molar-refractivity contribution in [2.24, 2.45) is 5.92 Å². The average molecular weight is 381 g/mol. The molecule has 1 N–H and O–H groups in total. The highest BCUT2D eigenvalue weighted by Gasteiger charge is 2.31. The molecular weight excluding hydrogens is 359 g/mol. The highest BCUT2D eigenvalue weighted by Crippen LogP contribution is 2.31. The zero-order valence-electron chi connectivity index (χ0n) is 15.0. The summed E-state index contributed by atoms with van der Waals surface area (Å²) >= 11 is 0. The van der Waals surface area contributed by atoms with E-state index < -0.39 is 17.8 Å². The van der Waals surface area contributed by atoms with Crippen LogP contribution in [-0.4, -0.2) is 32.7 Å². The first-order valence-electron chi connectivity index (χ1n) is 9.09. The van der Waals surface area contributed by atoms with E-state index in [9.17, 15) is 18.0 Å². The number of alkyl halides is 3. The normalized spacial score (nSPS) is 16.9. The van der Waals surface area contributed by atoms with E-state index in [0.717, 1.165) is 29.8 Å². The number of amides is 1. The van der Waals surface area contributed by atoms with Gasteiger partial charge in [-0.2, -0.15) is 18.0 Å². The van der Waals surface area contributed by atoms with E-state index in [2.05, 4.69) is 20.7 Å². The number of hydrogen-bond acceptors (Lipinski definition) is 4. The molecule has 2 aromatic rings. The molecule has 0 aliphatic heterocycles. The Labute approximate surface area is 155 Å². The van der Waals surface area contributed by atoms with Crippen LogP contribution in [0.4, 0.5) is 13.2 Å². The maximum absolute atomic E-state index is 12.8. The van der Waals surface area contributed by atoms with Gasteiger partial charge in [0.2, 0.25) is 11.7 Å². The monoisotopic (exact) mass is 381 g/mol. The van der Waals surface area contributed by atoms with E-state index >= 15 is 0 Å². The van der Waals surface area contributed by atoms with Gasteiger partial charge in [-0.3, -0.25) is 4.79 Å². The second kappa shape index (κ2) is 8.06. The lowest BCUT2D eigenvalue weighted by Crippen LogP contribution is -2.35. The Morgan fingerprint density at radius 3 is 2.74 bits per heavy atom. The Bertz CT molecular complexity index is 783. The molecule has 1 saturated carbocycles. The van der Waals surface area contributed by atoms with Crippen molar-refractivity contribution >= 4 is 5.91 Å². The number of hydrogen-bond donors (Lipinski definition) is 1. The van der Waals surface area contributed by atoms with Crippen molar-refractivity contribution in [1.29, 1.82) is 0 Å². The molecule has 9 heteroatoms. The summed E-state index contributed by atoms with van der Waals surface area (Å²) in [5.41, 5.74) is -0.583. The Kier molecular flexibility index (Phi) is 5.76. The van der Waals surface area contributed by atoms with Crippen molar-refractivity contribution in [3.63, 3.8) is 0 Å². The summed E-state index contributed by atoms with van der Waals surface area (Å²) in [5, 5.41) is 14.6. The van der Waals surface area contributed by atoms with Crippen molar-refractivity contribution in [3.8, 4) is 11.4 Å². The van der Waals surface area contributed by atoms with Crippen LogP contribution in [0.5, 0.6) is 0 Å². The second-order valence-electron chi connectivity index (χ2n) is 6.94. The van der Waals surface area contributed by atoms with Gasteiger partial charge in [-0.25, -0.2) is 0 Å². The van der Waals surface area contributed by atoms with E-state index in [4.69, 9.17) is 0 Å². The van der Waals surface area contributed by atoms with Crippen LogP contribution in [0.25, 0.3) is 11.4 Å². The van der Waals surface area contributed by atoms with Gasteiger partial charge in [-0.05, 0) is 43.0 Å². The average Bonchev–Trinajstić information content (AvgIpc) is 3.16. The number of nitrogens with zero attached hydrogens (tertiary/aromatic N) is 4. The molecule has 27 heavy (non-hydrogen) atoms. The van der Waals surface area contributed by atoms with Gasteiger partial charge in [0.25, 0.3) is 0 Å². The number of carbonyl (C=O) groups excluding carboxylic acids is 1. The number of nitrogens with one attached hydrogen (secondary N) is 1. The molecule has 146 valence electrons. The first-order chi connectivity index (χ1) is 12.8. The lowest BCUT2D eigenvalue weighted by atomic mass is 9.89. The zero-order valence-corrected chi connectivity index (χ0v) is 15.0. The topological polar surface area (TPSA) is 72.7 Å². The predicted octanol–water partition coefficient (Wildman–Crippen LogP) is 3.62. The lowest BCUT2D eigenvalue weighted by Gasteiger charge is -2.22. The summed E-state index contributed by atoms with van der Waals surface area (Å²) in [4.78, 5) is 13.5.